The maximum atomic E-state index is 12.8. The van der Waals surface area contributed by atoms with E-state index in [0.717, 1.165) is 15.7 Å². The fraction of sp³-hybridized carbons (Fsp3) is 0.200. The van der Waals surface area contributed by atoms with Gasteiger partial charge in [0.1, 0.15) is 6.04 Å². The second-order valence-electron chi connectivity index (χ2n) is 6.60. The first kappa shape index (κ1) is 19.1. The molecule has 1 aromatic carbocycles. The summed E-state index contributed by atoms with van der Waals surface area (Å²) in [4.78, 5) is 28.6. The maximum Gasteiger partial charge on any atom is 0.326 e. The zero-order valence-corrected chi connectivity index (χ0v) is 16.4. The average Bonchev–Trinajstić information content (AvgIpc) is 3.07. The SMILES string of the molecule is COCc1nn2c(ncc3c(=O)n(C(C)C(=O)O)ccc32)c1-c1ccc(Cl)cc1. The van der Waals surface area contributed by atoms with Crippen molar-refractivity contribution >= 4 is 34.1 Å². The number of aromatic nitrogens is 4. The molecular weight excluding hydrogens is 396 g/mol. The van der Waals surface area contributed by atoms with E-state index in [1.165, 1.54) is 19.3 Å². The number of hydrogen-bond acceptors (Lipinski definition) is 5. The summed E-state index contributed by atoms with van der Waals surface area (Å²) in [5.74, 6) is -1.09. The summed E-state index contributed by atoms with van der Waals surface area (Å²) in [7, 11) is 1.58. The van der Waals surface area contributed by atoms with Crippen LogP contribution in [0.25, 0.3) is 27.7 Å². The van der Waals surface area contributed by atoms with Crippen LogP contribution in [0.15, 0.2) is 47.5 Å². The van der Waals surface area contributed by atoms with Gasteiger partial charge in [-0.05, 0) is 30.7 Å². The van der Waals surface area contributed by atoms with Crippen LogP contribution in [0, 0.1) is 0 Å². The summed E-state index contributed by atoms with van der Waals surface area (Å²) in [6.07, 6.45) is 2.91. The monoisotopic (exact) mass is 412 g/mol. The fourth-order valence-corrected chi connectivity index (χ4v) is 3.43. The van der Waals surface area contributed by atoms with E-state index in [1.54, 1.807) is 29.8 Å². The van der Waals surface area contributed by atoms with Crippen molar-refractivity contribution in [2.45, 2.75) is 19.6 Å². The van der Waals surface area contributed by atoms with Crippen molar-refractivity contribution in [2.24, 2.45) is 0 Å². The van der Waals surface area contributed by atoms with Gasteiger partial charge < -0.3 is 14.4 Å². The molecule has 4 rings (SSSR count). The molecule has 29 heavy (non-hydrogen) atoms. The highest BCUT2D eigenvalue weighted by atomic mass is 35.5. The number of carboxylic acid groups (broad SMARTS) is 1. The first-order valence-corrected chi connectivity index (χ1v) is 9.19. The molecule has 148 valence electrons. The predicted octanol–water partition coefficient (Wildman–Crippen LogP) is 3.16. The Morgan fingerprint density at radius 3 is 2.66 bits per heavy atom. The van der Waals surface area contributed by atoms with Crippen LogP contribution in [0.1, 0.15) is 18.7 Å². The number of ether oxygens (including phenoxy) is 1. The van der Waals surface area contributed by atoms with E-state index in [4.69, 9.17) is 16.3 Å². The van der Waals surface area contributed by atoms with Gasteiger partial charge >= 0.3 is 5.97 Å². The summed E-state index contributed by atoms with van der Waals surface area (Å²) in [6, 6.07) is 7.98. The van der Waals surface area contributed by atoms with E-state index >= 15 is 0 Å². The number of halogens is 1. The van der Waals surface area contributed by atoms with Crippen LogP contribution in [0.4, 0.5) is 0 Å². The summed E-state index contributed by atoms with van der Waals surface area (Å²) in [5, 5.41) is 14.7. The maximum absolute atomic E-state index is 12.8. The minimum Gasteiger partial charge on any atom is -0.480 e. The first-order valence-electron chi connectivity index (χ1n) is 8.81. The number of nitrogens with zero attached hydrogens (tertiary/aromatic N) is 4. The van der Waals surface area contributed by atoms with Gasteiger partial charge in [0.2, 0.25) is 0 Å². The van der Waals surface area contributed by atoms with Gasteiger partial charge in [-0.25, -0.2) is 14.3 Å². The molecule has 0 radical (unpaired) electrons. The summed E-state index contributed by atoms with van der Waals surface area (Å²) in [6.45, 7) is 1.71. The number of hydrogen-bond donors (Lipinski definition) is 1. The van der Waals surface area contributed by atoms with Gasteiger partial charge in [-0.1, -0.05) is 23.7 Å². The Kier molecular flexibility index (Phi) is 4.81. The lowest BCUT2D eigenvalue weighted by molar-refractivity contribution is -0.140. The quantitative estimate of drug-likeness (QED) is 0.540. The Morgan fingerprint density at radius 1 is 1.28 bits per heavy atom. The zero-order chi connectivity index (χ0) is 20.7. The molecule has 3 aromatic heterocycles. The fourth-order valence-electron chi connectivity index (χ4n) is 3.30. The van der Waals surface area contributed by atoms with Crippen molar-refractivity contribution in [1.82, 2.24) is 19.2 Å². The lowest BCUT2D eigenvalue weighted by Gasteiger charge is -2.11. The van der Waals surface area contributed by atoms with E-state index in [2.05, 4.69) is 10.1 Å². The largest absolute Gasteiger partial charge is 0.480 e. The highest BCUT2D eigenvalue weighted by molar-refractivity contribution is 6.30. The second-order valence-corrected chi connectivity index (χ2v) is 7.03. The summed E-state index contributed by atoms with van der Waals surface area (Å²) in [5.41, 5.74) is 2.98. The van der Waals surface area contributed by atoms with Gasteiger partial charge in [0.25, 0.3) is 5.56 Å². The minimum absolute atomic E-state index is 0.260. The highest BCUT2D eigenvalue weighted by Gasteiger charge is 2.20. The lowest BCUT2D eigenvalue weighted by atomic mass is 10.1. The molecular formula is C20H17ClN4O4. The molecule has 0 fully saturated rings. The Balaban J connectivity index is 2.01. The Morgan fingerprint density at radius 2 is 2.00 bits per heavy atom. The van der Waals surface area contributed by atoms with Crippen molar-refractivity contribution in [2.75, 3.05) is 7.11 Å². The molecule has 4 aromatic rings. The van der Waals surface area contributed by atoms with E-state index in [1.807, 2.05) is 12.1 Å². The Bertz CT molecular complexity index is 1290. The molecule has 9 heteroatoms. The molecule has 1 N–H and O–H groups in total. The molecule has 8 nitrogen and oxygen atoms in total. The normalized spacial score (nSPS) is 12.5. The minimum atomic E-state index is -1.09. The molecule has 0 saturated heterocycles. The zero-order valence-electron chi connectivity index (χ0n) is 15.7. The molecule has 0 spiro atoms. The topological polar surface area (TPSA) is 98.7 Å². The van der Waals surface area contributed by atoms with Crippen LogP contribution >= 0.6 is 11.6 Å². The average molecular weight is 413 g/mol. The van der Waals surface area contributed by atoms with E-state index in [0.29, 0.717) is 21.9 Å². The second kappa shape index (κ2) is 7.31. The van der Waals surface area contributed by atoms with Gasteiger partial charge in [-0.15, -0.1) is 0 Å². The van der Waals surface area contributed by atoms with Crippen molar-refractivity contribution < 1.29 is 14.6 Å². The third-order valence-electron chi connectivity index (χ3n) is 4.80. The summed E-state index contributed by atoms with van der Waals surface area (Å²) < 4.78 is 8.05. The first-order chi connectivity index (χ1) is 13.9. The molecule has 0 bridgehead atoms. The number of pyridine rings is 1. The Labute approximate surface area is 169 Å². The number of fused-ring (bicyclic) bond motifs is 3. The van der Waals surface area contributed by atoms with Crippen molar-refractivity contribution in [1.29, 1.82) is 0 Å². The highest BCUT2D eigenvalue weighted by Crippen LogP contribution is 2.30. The molecule has 0 aliphatic carbocycles. The number of aliphatic carboxylic acids is 1. The smallest absolute Gasteiger partial charge is 0.326 e. The van der Waals surface area contributed by atoms with Crippen LogP contribution < -0.4 is 5.56 Å². The molecule has 0 amide bonds. The van der Waals surface area contributed by atoms with Crippen LogP contribution in [-0.4, -0.2) is 37.4 Å². The number of carboxylic acids is 1. The van der Waals surface area contributed by atoms with Crippen molar-refractivity contribution in [3.8, 4) is 11.1 Å². The molecule has 1 atom stereocenters. The third-order valence-corrected chi connectivity index (χ3v) is 5.05. The number of carbonyl (C=O) groups is 1. The van der Waals surface area contributed by atoms with Gasteiger partial charge in [-0.2, -0.15) is 5.10 Å². The molecule has 0 saturated carbocycles. The molecule has 0 aliphatic heterocycles. The van der Waals surface area contributed by atoms with Gasteiger partial charge in [0.05, 0.1) is 28.8 Å². The van der Waals surface area contributed by atoms with Gasteiger partial charge in [-0.3, -0.25) is 4.79 Å². The van der Waals surface area contributed by atoms with Crippen molar-refractivity contribution in [3.63, 3.8) is 0 Å². The molecule has 3 heterocycles. The molecule has 1 unspecified atom stereocenters. The van der Waals surface area contributed by atoms with Gasteiger partial charge in [0, 0.05) is 24.5 Å². The summed E-state index contributed by atoms with van der Waals surface area (Å²) >= 11 is 6.01. The van der Waals surface area contributed by atoms with Crippen LogP contribution in [-0.2, 0) is 16.1 Å². The standard InChI is InChI=1S/C20H17ClN4O4/c1-11(20(27)28)24-8-7-16-14(19(24)26)9-22-18-17(12-3-5-13(21)6-4-12)15(10-29-2)23-25(16)18/h3-9,11H,10H2,1-2H3,(H,27,28). The van der Waals surface area contributed by atoms with Crippen molar-refractivity contribution in [3.05, 3.63) is 63.8 Å². The van der Waals surface area contributed by atoms with Crippen LogP contribution in [0.3, 0.4) is 0 Å². The van der Waals surface area contributed by atoms with E-state index in [-0.39, 0.29) is 12.0 Å². The third kappa shape index (κ3) is 3.16. The predicted molar refractivity (Wildman–Crippen MR) is 108 cm³/mol. The Hall–Kier alpha value is -3.23. The van der Waals surface area contributed by atoms with Gasteiger partial charge in [0.15, 0.2) is 5.65 Å². The molecule has 0 aliphatic rings. The van der Waals surface area contributed by atoms with Crippen LogP contribution in [0.5, 0.6) is 0 Å². The number of rotatable bonds is 5. The number of benzene rings is 1. The number of methoxy groups -OCH3 is 1. The van der Waals surface area contributed by atoms with Crippen LogP contribution in [0.2, 0.25) is 5.02 Å². The van der Waals surface area contributed by atoms with E-state index < -0.39 is 17.6 Å². The van der Waals surface area contributed by atoms with E-state index in [9.17, 15) is 14.7 Å². The lowest BCUT2D eigenvalue weighted by Crippen LogP contribution is -2.28.